The van der Waals surface area contributed by atoms with Gasteiger partial charge in [0.1, 0.15) is 5.49 Å². The van der Waals surface area contributed by atoms with Crippen molar-refractivity contribution in [3.63, 3.8) is 0 Å². The minimum Gasteiger partial charge on any atom is -0.349 e. The second kappa shape index (κ2) is 4.87. The number of carbonyl (C=O) groups excluding carboxylic acids is 1. The molecule has 0 aromatic carbocycles. The highest BCUT2D eigenvalue weighted by molar-refractivity contribution is 5.98. The first kappa shape index (κ1) is 13.3. The van der Waals surface area contributed by atoms with E-state index in [9.17, 15) is 4.79 Å². The number of carbonyl (C=O) groups is 1. The van der Waals surface area contributed by atoms with Gasteiger partial charge in [-0.25, -0.2) is 0 Å². The lowest BCUT2D eigenvalue weighted by Gasteiger charge is -2.38. The predicted octanol–water partition coefficient (Wildman–Crippen LogP) is 0.0710. The van der Waals surface area contributed by atoms with Crippen LogP contribution in [0.3, 0.4) is 0 Å². The topological polar surface area (TPSA) is 73.5 Å². The van der Waals surface area contributed by atoms with E-state index in [1.54, 1.807) is 7.05 Å². The summed E-state index contributed by atoms with van der Waals surface area (Å²) in [6, 6.07) is 5.79. The summed E-state index contributed by atoms with van der Waals surface area (Å²) in [5.41, 5.74) is 0.354. The van der Waals surface area contributed by atoms with E-state index in [0.717, 1.165) is 5.49 Å². The standard InChI is InChI=1S/C13H19N5O/c1-13(8-11(19)18(3)12(14)16-13)9-15-10-6-4-5-7-17(10)2/h4-7H,8-9H2,1-3H3,(H2,14,16)/b15-10-/t13-/m0/s1. The summed E-state index contributed by atoms with van der Waals surface area (Å²) < 4.78 is 1.92. The maximum absolute atomic E-state index is 11.8. The average molecular weight is 261 g/mol. The molecule has 1 aromatic heterocycles. The van der Waals surface area contributed by atoms with Crippen molar-refractivity contribution in [3.8, 4) is 0 Å². The summed E-state index contributed by atoms with van der Waals surface area (Å²) >= 11 is 0. The second-order valence-electron chi connectivity index (χ2n) is 5.15. The Hall–Kier alpha value is -2.11. The van der Waals surface area contributed by atoms with E-state index in [-0.39, 0.29) is 11.9 Å². The molecule has 0 bridgehead atoms. The summed E-state index contributed by atoms with van der Waals surface area (Å²) in [7, 11) is 3.53. The van der Waals surface area contributed by atoms with Gasteiger partial charge in [0.2, 0.25) is 5.91 Å². The third kappa shape index (κ3) is 2.83. The molecule has 1 saturated heterocycles. The number of nitrogens with zero attached hydrogens (tertiary/aromatic N) is 3. The van der Waals surface area contributed by atoms with Gasteiger partial charge in [0.15, 0.2) is 5.96 Å². The lowest BCUT2D eigenvalue weighted by molar-refractivity contribution is -0.129. The highest BCUT2D eigenvalue weighted by Crippen LogP contribution is 2.16. The van der Waals surface area contributed by atoms with Crippen molar-refractivity contribution in [2.45, 2.75) is 18.9 Å². The Morgan fingerprint density at radius 3 is 2.84 bits per heavy atom. The molecule has 102 valence electrons. The van der Waals surface area contributed by atoms with Crippen LogP contribution in [0, 0.1) is 5.41 Å². The van der Waals surface area contributed by atoms with E-state index < -0.39 is 5.54 Å². The SMILES string of the molecule is CN1C(=N)N[C@](C)(C/N=c2/ccccn2C)CC1=O. The lowest BCUT2D eigenvalue weighted by atomic mass is 9.95. The molecule has 2 heterocycles. The summed E-state index contributed by atoms with van der Waals surface area (Å²) in [5, 5.41) is 10.8. The van der Waals surface area contributed by atoms with Gasteiger partial charge in [-0.3, -0.25) is 20.1 Å². The van der Waals surface area contributed by atoms with E-state index >= 15 is 0 Å². The van der Waals surface area contributed by atoms with Gasteiger partial charge >= 0.3 is 0 Å². The molecule has 1 aliphatic rings. The molecule has 1 atom stereocenters. The monoisotopic (exact) mass is 261 g/mol. The fourth-order valence-electron chi connectivity index (χ4n) is 2.02. The summed E-state index contributed by atoms with van der Waals surface area (Å²) in [6.45, 7) is 2.37. The smallest absolute Gasteiger partial charge is 0.231 e. The van der Waals surface area contributed by atoms with Gasteiger partial charge < -0.3 is 9.88 Å². The van der Waals surface area contributed by atoms with Crippen LogP contribution in [0.4, 0.5) is 0 Å². The van der Waals surface area contributed by atoms with Crippen LogP contribution >= 0.6 is 0 Å². The van der Waals surface area contributed by atoms with Crippen molar-refractivity contribution in [1.29, 1.82) is 5.41 Å². The predicted molar refractivity (Wildman–Crippen MR) is 72.5 cm³/mol. The molecular weight excluding hydrogens is 242 g/mol. The van der Waals surface area contributed by atoms with E-state index in [1.165, 1.54) is 4.90 Å². The first-order chi connectivity index (χ1) is 8.91. The summed E-state index contributed by atoms with van der Waals surface area (Å²) in [5.74, 6) is 0.0743. The first-order valence-electron chi connectivity index (χ1n) is 6.17. The van der Waals surface area contributed by atoms with Crippen LogP contribution in [0.15, 0.2) is 29.4 Å². The largest absolute Gasteiger partial charge is 0.349 e. The minimum atomic E-state index is -0.497. The number of hydrogen-bond donors (Lipinski definition) is 2. The van der Waals surface area contributed by atoms with Crippen molar-refractivity contribution >= 4 is 11.9 Å². The second-order valence-corrected chi connectivity index (χ2v) is 5.15. The van der Waals surface area contributed by atoms with Crippen LogP contribution in [0.1, 0.15) is 13.3 Å². The summed E-state index contributed by atoms with van der Waals surface area (Å²) in [4.78, 5) is 17.6. The maximum atomic E-state index is 11.8. The van der Waals surface area contributed by atoms with Crippen molar-refractivity contribution in [3.05, 3.63) is 29.9 Å². The number of aromatic nitrogens is 1. The minimum absolute atomic E-state index is 0.0566. The van der Waals surface area contributed by atoms with Gasteiger partial charge in [0.05, 0.1) is 18.5 Å². The average Bonchev–Trinajstić information content (AvgIpc) is 2.35. The Bertz CT molecular complexity index is 556. The molecule has 0 spiro atoms. The van der Waals surface area contributed by atoms with Crippen LogP contribution in [-0.2, 0) is 11.8 Å². The third-order valence-electron chi connectivity index (χ3n) is 3.29. The van der Waals surface area contributed by atoms with Crippen molar-refractivity contribution in [1.82, 2.24) is 14.8 Å². The molecule has 1 fully saturated rings. The molecule has 1 aromatic rings. The van der Waals surface area contributed by atoms with E-state index in [2.05, 4.69) is 10.3 Å². The number of amides is 1. The molecule has 6 nitrogen and oxygen atoms in total. The fraction of sp³-hybridized carbons (Fsp3) is 0.462. The van der Waals surface area contributed by atoms with Crippen LogP contribution in [0.5, 0.6) is 0 Å². The fourth-order valence-corrected chi connectivity index (χ4v) is 2.02. The number of pyridine rings is 1. The molecule has 1 amide bonds. The van der Waals surface area contributed by atoms with Crippen LogP contribution in [-0.4, -0.2) is 40.5 Å². The Morgan fingerprint density at radius 1 is 1.47 bits per heavy atom. The molecule has 6 heteroatoms. The van der Waals surface area contributed by atoms with E-state index in [1.807, 2.05) is 42.9 Å². The Balaban J connectivity index is 2.19. The zero-order valence-corrected chi connectivity index (χ0v) is 11.5. The Morgan fingerprint density at radius 2 is 2.21 bits per heavy atom. The van der Waals surface area contributed by atoms with Crippen molar-refractivity contribution in [2.75, 3.05) is 13.6 Å². The molecular formula is C13H19N5O. The zero-order chi connectivity index (χ0) is 14.0. The van der Waals surface area contributed by atoms with E-state index in [0.29, 0.717) is 13.0 Å². The molecule has 2 N–H and O–H groups in total. The van der Waals surface area contributed by atoms with Gasteiger partial charge in [0.25, 0.3) is 0 Å². The number of nitrogens with one attached hydrogen (secondary N) is 2. The zero-order valence-electron chi connectivity index (χ0n) is 11.5. The van der Waals surface area contributed by atoms with Gasteiger partial charge in [-0.1, -0.05) is 6.07 Å². The Kier molecular flexibility index (Phi) is 3.42. The first-order valence-corrected chi connectivity index (χ1v) is 6.17. The van der Waals surface area contributed by atoms with Gasteiger partial charge in [-0.05, 0) is 19.1 Å². The number of aryl methyl sites for hydroxylation is 1. The van der Waals surface area contributed by atoms with Crippen LogP contribution < -0.4 is 10.8 Å². The molecule has 0 saturated carbocycles. The van der Waals surface area contributed by atoms with Crippen molar-refractivity contribution in [2.24, 2.45) is 12.0 Å². The van der Waals surface area contributed by atoms with Crippen molar-refractivity contribution < 1.29 is 4.79 Å². The van der Waals surface area contributed by atoms with Gasteiger partial charge in [-0.2, -0.15) is 0 Å². The highest BCUT2D eigenvalue weighted by atomic mass is 16.2. The lowest BCUT2D eigenvalue weighted by Crippen LogP contribution is -2.61. The van der Waals surface area contributed by atoms with Gasteiger partial charge in [-0.15, -0.1) is 0 Å². The number of hydrogen-bond acceptors (Lipinski definition) is 3. The quantitative estimate of drug-likeness (QED) is 0.790. The normalized spacial score (nSPS) is 24.6. The van der Waals surface area contributed by atoms with Crippen LogP contribution in [0.25, 0.3) is 0 Å². The van der Waals surface area contributed by atoms with E-state index in [4.69, 9.17) is 5.41 Å². The van der Waals surface area contributed by atoms with Crippen LogP contribution in [0.2, 0.25) is 0 Å². The highest BCUT2D eigenvalue weighted by Gasteiger charge is 2.36. The van der Waals surface area contributed by atoms with Gasteiger partial charge in [0, 0.05) is 20.3 Å². The molecule has 0 aliphatic carbocycles. The number of guanidine groups is 1. The maximum Gasteiger partial charge on any atom is 0.231 e. The third-order valence-corrected chi connectivity index (χ3v) is 3.29. The molecule has 0 radical (unpaired) electrons. The summed E-state index contributed by atoms with van der Waals surface area (Å²) in [6.07, 6.45) is 2.27. The molecule has 0 unspecified atom stereocenters. The Labute approximate surface area is 112 Å². The number of rotatable bonds is 2. The molecule has 2 rings (SSSR count). The molecule has 19 heavy (non-hydrogen) atoms. The molecule has 1 aliphatic heterocycles.